The Morgan fingerprint density at radius 1 is 0.933 bits per heavy atom. The molecule has 0 aliphatic rings. The molecule has 3 aromatic carbocycles. The van der Waals surface area contributed by atoms with Crippen molar-refractivity contribution in [3.05, 3.63) is 90.0 Å². The summed E-state index contributed by atoms with van der Waals surface area (Å²) in [6.45, 7) is 2.73. The molecule has 1 amide bonds. The van der Waals surface area contributed by atoms with Crippen LogP contribution in [0.15, 0.2) is 83.8 Å². The molecule has 0 radical (unpaired) electrons. The molecular weight excluding hydrogens is 400 g/mol. The standard InChI is InChI=1S/C23H24N2O4S/c1-3-29-21-13-9-19(10-14-21)23(26)24-20-11-15-22(16-12-20)30(27,28)25(2)17-18-7-5-4-6-8-18/h4-16H,3,17H2,1-2H3,(H,24,26). The van der Waals surface area contributed by atoms with Crippen LogP contribution in [0.3, 0.4) is 0 Å². The van der Waals surface area contributed by atoms with Crippen LogP contribution in [0.2, 0.25) is 0 Å². The van der Waals surface area contributed by atoms with Gasteiger partial charge in [0, 0.05) is 24.8 Å². The van der Waals surface area contributed by atoms with Gasteiger partial charge in [0.15, 0.2) is 0 Å². The van der Waals surface area contributed by atoms with Crippen LogP contribution in [-0.4, -0.2) is 32.3 Å². The van der Waals surface area contributed by atoms with Gasteiger partial charge >= 0.3 is 0 Å². The Balaban J connectivity index is 1.67. The first-order chi connectivity index (χ1) is 14.4. The number of hydrogen-bond donors (Lipinski definition) is 1. The Hall–Kier alpha value is -3.16. The van der Waals surface area contributed by atoms with Gasteiger partial charge in [0.05, 0.1) is 11.5 Å². The molecule has 0 bridgehead atoms. The van der Waals surface area contributed by atoms with Crippen molar-refractivity contribution in [2.45, 2.75) is 18.4 Å². The maximum Gasteiger partial charge on any atom is 0.255 e. The molecule has 0 unspecified atom stereocenters. The summed E-state index contributed by atoms with van der Waals surface area (Å²) in [6, 6.07) is 22.4. The topological polar surface area (TPSA) is 75.7 Å². The first kappa shape index (κ1) is 21.5. The molecule has 6 nitrogen and oxygen atoms in total. The molecule has 0 aliphatic carbocycles. The summed E-state index contributed by atoms with van der Waals surface area (Å²) in [6.07, 6.45) is 0. The van der Waals surface area contributed by atoms with E-state index < -0.39 is 10.0 Å². The van der Waals surface area contributed by atoms with E-state index in [0.29, 0.717) is 23.6 Å². The quantitative estimate of drug-likeness (QED) is 0.589. The van der Waals surface area contributed by atoms with Crippen molar-refractivity contribution in [3.8, 4) is 5.75 Å². The summed E-state index contributed by atoms with van der Waals surface area (Å²) >= 11 is 0. The van der Waals surface area contributed by atoms with Crippen LogP contribution in [0.5, 0.6) is 5.75 Å². The van der Waals surface area contributed by atoms with Gasteiger partial charge in [-0.25, -0.2) is 8.42 Å². The molecule has 3 aromatic rings. The highest BCUT2D eigenvalue weighted by molar-refractivity contribution is 7.89. The lowest BCUT2D eigenvalue weighted by Crippen LogP contribution is -2.26. The number of benzene rings is 3. The molecule has 0 atom stereocenters. The van der Waals surface area contributed by atoms with E-state index in [9.17, 15) is 13.2 Å². The van der Waals surface area contributed by atoms with Crippen molar-refractivity contribution < 1.29 is 17.9 Å². The van der Waals surface area contributed by atoms with Crippen molar-refractivity contribution in [1.82, 2.24) is 4.31 Å². The summed E-state index contributed by atoms with van der Waals surface area (Å²) in [5.41, 5.74) is 1.90. The fourth-order valence-electron chi connectivity index (χ4n) is 2.89. The summed E-state index contributed by atoms with van der Waals surface area (Å²) in [4.78, 5) is 12.6. The lowest BCUT2D eigenvalue weighted by Gasteiger charge is -2.17. The molecule has 0 aromatic heterocycles. The largest absolute Gasteiger partial charge is 0.494 e. The third-order valence-electron chi connectivity index (χ3n) is 4.50. The van der Waals surface area contributed by atoms with Gasteiger partial charge in [-0.05, 0) is 61.0 Å². The molecule has 3 rings (SSSR count). The summed E-state index contributed by atoms with van der Waals surface area (Å²) < 4.78 is 32.3. The van der Waals surface area contributed by atoms with Gasteiger partial charge in [-0.15, -0.1) is 0 Å². The predicted octanol–water partition coefficient (Wildman–Crippen LogP) is 4.16. The molecule has 156 valence electrons. The molecule has 0 aliphatic heterocycles. The van der Waals surface area contributed by atoms with Gasteiger partial charge in [-0.3, -0.25) is 4.79 Å². The minimum absolute atomic E-state index is 0.167. The second kappa shape index (κ2) is 9.56. The van der Waals surface area contributed by atoms with Gasteiger partial charge in [-0.2, -0.15) is 4.31 Å². The van der Waals surface area contributed by atoms with E-state index in [1.165, 1.54) is 16.4 Å². The van der Waals surface area contributed by atoms with E-state index in [0.717, 1.165) is 5.56 Å². The zero-order valence-electron chi connectivity index (χ0n) is 16.9. The maximum atomic E-state index is 12.8. The van der Waals surface area contributed by atoms with Gasteiger partial charge in [0.25, 0.3) is 5.91 Å². The lowest BCUT2D eigenvalue weighted by molar-refractivity contribution is 0.102. The van der Waals surface area contributed by atoms with Crippen LogP contribution < -0.4 is 10.1 Å². The fraction of sp³-hybridized carbons (Fsp3) is 0.174. The van der Waals surface area contributed by atoms with E-state index in [1.807, 2.05) is 37.3 Å². The second-order valence-corrected chi connectivity index (χ2v) is 8.73. The first-order valence-corrected chi connectivity index (χ1v) is 11.0. The Bertz CT molecular complexity index is 1080. The molecule has 1 N–H and O–H groups in total. The summed E-state index contributed by atoms with van der Waals surface area (Å²) in [7, 11) is -2.09. The fourth-order valence-corrected chi connectivity index (χ4v) is 4.05. The third kappa shape index (κ3) is 5.25. The number of carbonyl (C=O) groups excluding carboxylic acids is 1. The van der Waals surface area contributed by atoms with E-state index >= 15 is 0 Å². The maximum absolute atomic E-state index is 12.8. The monoisotopic (exact) mass is 424 g/mol. The number of nitrogens with one attached hydrogen (secondary N) is 1. The molecule has 0 fully saturated rings. The SMILES string of the molecule is CCOc1ccc(C(=O)Nc2ccc(S(=O)(=O)N(C)Cc3ccccc3)cc2)cc1. The van der Waals surface area contributed by atoms with Crippen LogP contribution in [0, 0.1) is 0 Å². The predicted molar refractivity (Wildman–Crippen MR) is 117 cm³/mol. The number of anilines is 1. The smallest absolute Gasteiger partial charge is 0.255 e. The molecule has 0 heterocycles. The highest BCUT2D eigenvalue weighted by Crippen LogP contribution is 2.20. The van der Waals surface area contributed by atoms with E-state index in [4.69, 9.17) is 4.74 Å². The van der Waals surface area contributed by atoms with Crippen LogP contribution in [0.4, 0.5) is 5.69 Å². The Labute approximate surface area is 177 Å². The van der Waals surface area contributed by atoms with Crippen LogP contribution in [0.25, 0.3) is 0 Å². The number of nitrogens with zero attached hydrogens (tertiary/aromatic N) is 1. The van der Waals surface area contributed by atoms with E-state index in [2.05, 4.69) is 5.32 Å². The van der Waals surface area contributed by atoms with Crippen molar-refractivity contribution in [1.29, 1.82) is 0 Å². The van der Waals surface area contributed by atoms with Gasteiger partial charge < -0.3 is 10.1 Å². The zero-order chi connectivity index (χ0) is 21.6. The van der Waals surface area contributed by atoms with Crippen molar-refractivity contribution in [2.75, 3.05) is 19.0 Å². The molecule has 0 spiro atoms. The molecule has 0 saturated carbocycles. The molecule has 0 saturated heterocycles. The number of amides is 1. The third-order valence-corrected chi connectivity index (χ3v) is 6.31. The number of sulfonamides is 1. The molecular formula is C23H24N2O4S. The van der Waals surface area contributed by atoms with Gasteiger partial charge in [0.1, 0.15) is 5.75 Å². The minimum atomic E-state index is -3.64. The Morgan fingerprint density at radius 3 is 2.17 bits per heavy atom. The number of ether oxygens (including phenoxy) is 1. The average molecular weight is 425 g/mol. The van der Waals surface area contributed by atoms with Gasteiger partial charge in [0.2, 0.25) is 10.0 Å². The molecule has 7 heteroatoms. The number of carbonyl (C=O) groups is 1. The highest BCUT2D eigenvalue weighted by Gasteiger charge is 2.21. The number of rotatable bonds is 8. The average Bonchev–Trinajstić information content (AvgIpc) is 2.75. The van der Waals surface area contributed by atoms with E-state index in [1.54, 1.807) is 43.4 Å². The number of hydrogen-bond acceptors (Lipinski definition) is 4. The normalized spacial score (nSPS) is 11.3. The van der Waals surface area contributed by atoms with Crippen molar-refractivity contribution >= 4 is 21.6 Å². The van der Waals surface area contributed by atoms with Gasteiger partial charge in [-0.1, -0.05) is 30.3 Å². The van der Waals surface area contributed by atoms with Crippen molar-refractivity contribution in [2.24, 2.45) is 0 Å². The van der Waals surface area contributed by atoms with E-state index in [-0.39, 0.29) is 17.3 Å². The summed E-state index contributed by atoms with van der Waals surface area (Å²) in [5.74, 6) is 0.415. The van der Waals surface area contributed by atoms with Crippen LogP contribution in [-0.2, 0) is 16.6 Å². The minimum Gasteiger partial charge on any atom is -0.494 e. The first-order valence-electron chi connectivity index (χ1n) is 9.54. The van der Waals surface area contributed by atoms with Crippen LogP contribution in [0.1, 0.15) is 22.8 Å². The summed E-state index contributed by atoms with van der Waals surface area (Å²) in [5, 5.41) is 2.77. The second-order valence-electron chi connectivity index (χ2n) is 6.68. The zero-order valence-corrected chi connectivity index (χ0v) is 17.7. The molecule has 30 heavy (non-hydrogen) atoms. The lowest BCUT2D eigenvalue weighted by atomic mass is 10.2. The highest BCUT2D eigenvalue weighted by atomic mass is 32.2. The van der Waals surface area contributed by atoms with Crippen LogP contribution >= 0.6 is 0 Å². The Kier molecular flexibility index (Phi) is 6.87. The van der Waals surface area contributed by atoms with Crippen molar-refractivity contribution in [3.63, 3.8) is 0 Å². The Morgan fingerprint density at radius 2 is 1.57 bits per heavy atom.